The van der Waals surface area contributed by atoms with E-state index < -0.39 is 5.97 Å². The number of ether oxygens (including phenoxy) is 1. The van der Waals surface area contributed by atoms with Gasteiger partial charge in [-0.3, -0.25) is 0 Å². The van der Waals surface area contributed by atoms with E-state index in [1.165, 1.54) is 0 Å². The molecule has 0 aliphatic carbocycles. The van der Waals surface area contributed by atoms with Crippen molar-refractivity contribution in [2.45, 2.75) is 26.7 Å². The summed E-state index contributed by atoms with van der Waals surface area (Å²) >= 11 is 3.39. The summed E-state index contributed by atoms with van der Waals surface area (Å²) < 4.78 is 8.03. The molecule has 0 radical (unpaired) electrons. The highest BCUT2D eigenvalue weighted by atomic mass is 79.9. The molecule has 4 nitrogen and oxygen atoms in total. The summed E-state index contributed by atoms with van der Waals surface area (Å²) in [6.45, 7) is 6.14. The van der Waals surface area contributed by atoms with Crippen LogP contribution < -0.4 is 4.74 Å². The second-order valence-corrected chi connectivity index (χ2v) is 7.03. The largest absolute Gasteiger partial charge is 0.404 e. The van der Waals surface area contributed by atoms with Crippen LogP contribution in [-0.2, 0) is 0 Å². The fraction of sp³-hybridized carbons (Fsp3) is 0.200. The van der Waals surface area contributed by atoms with E-state index in [0.717, 1.165) is 16.9 Å². The van der Waals surface area contributed by atoms with E-state index in [-0.39, 0.29) is 5.92 Å². The van der Waals surface area contributed by atoms with Gasteiger partial charge in [0.1, 0.15) is 0 Å². The highest BCUT2D eigenvalue weighted by Gasteiger charge is 2.18. The zero-order valence-electron chi connectivity index (χ0n) is 14.4. The van der Waals surface area contributed by atoms with Crippen molar-refractivity contribution in [2.24, 2.45) is 0 Å². The van der Waals surface area contributed by atoms with Crippen LogP contribution in [0.25, 0.3) is 5.69 Å². The van der Waals surface area contributed by atoms with Gasteiger partial charge in [-0.25, -0.2) is 9.48 Å². The summed E-state index contributed by atoms with van der Waals surface area (Å²) in [7, 11) is 0. The van der Waals surface area contributed by atoms with Crippen LogP contribution in [0.15, 0.2) is 59.1 Å². The highest BCUT2D eigenvalue weighted by molar-refractivity contribution is 9.10. The number of carbonyl (C=O) groups excluding carboxylic acids is 1. The van der Waals surface area contributed by atoms with Crippen LogP contribution >= 0.6 is 15.9 Å². The van der Waals surface area contributed by atoms with Gasteiger partial charge in [-0.1, -0.05) is 43.7 Å². The fourth-order valence-electron chi connectivity index (χ4n) is 2.38. The lowest BCUT2D eigenvalue weighted by Gasteiger charge is -2.09. The standard InChI is InChI=1S/C20H19BrN2O2/c1-13(2)18-12-19(23(22-18)15-10-8-14(3)9-11-15)25-20(24)16-6-4-5-7-17(16)21/h4-13H,1-3H3. The second-order valence-electron chi connectivity index (χ2n) is 6.18. The first-order valence-electron chi connectivity index (χ1n) is 8.09. The quantitative estimate of drug-likeness (QED) is 0.561. The zero-order chi connectivity index (χ0) is 18.0. The molecule has 3 rings (SSSR count). The van der Waals surface area contributed by atoms with E-state index in [9.17, 15) is 4.79 Å². The van der Waals surface area contributed by atoms with Crippen molar-refractivity contribution < 1.29 is 9.53 Å². The molecule has 0 aliphatic rings. The Bertz CT molecular complexity index is 898. The average molecular weight is 399 g/mol. The Morgan fingerprint density at radius 1 is 1.12 bits per heavy atom. The lowest BCUT2D eigenvalue weighted by atomic mass is 10.1. The molecular weight excluding hydrogens is 380 g/mol. The molecule has 1 heterocycles. The maximum Gasteiger partial charge on any atom is 0.346 e. The predicted octanol–water partition coefficient (Wildman–Crippen LogP) is 5.29. The molecule has 0 saturated heterocycles. The van der Waals surface area contributed by atoms with Crippen LogP contribution in [0, 0.1) is 6.92 Å². The van der Waals surface area contributed by atoms with Crippen molar-refractivity contribution in [1.82, 2.24) is 9.78 Å². The van der Waals surface area contributed by atoms with Gasteiger partial charge in [-0.15, -0.1) is 0 Å². The van der Waals surface area contributed by atoms with Crippen molar-refractivity contribution in [1.29, 1.82) is 0 Å². The lowest BCUT2D eigenvalue weighted by molar-refractivity contribution is 0.0722. The van der Waals surface area contributed by atoms with Gasteiger partial charge in [0.05, 0.1) is 16.9 Å². The minimum atomic E-state index is -0.420. The molecule has 0 N–H and O–H groups in total. The number of hydrogen-bond acceptors (Lipinski definition) is 3. The Labute approximate surface area is 155 Å². The van der Waals surface area contributed by atoms with Crippen molar-refractivity contribution in [2.75, 3.05) is 0 Å². The third-order valence-electron chi connectivity index (χ3n) is 3.86. The number of nitrogens with zero attached hydrogens (tertiary/aromatic N) is 2. The second kappa shape index (κ2) is 7.23. The number of benzene rings is 2. The van der Waals surface area contributed by atoms with Gasteiger partial charge in [0, 0.05) is 10.5 Å². The molecule has 2 aromatic carbocycles. The SMILES string of the molecule is Cc1ccc(-n2nc(C(C)C)cc2OC(=O)c2ccccc2Br)cc1. The van der Waals surface area contributed by atoms with Gasteiger partial charge in [0.15, 0.2) is 0 Å². The van der Waals surface area contributed by atoms with Gasteiger partial charge >= 0.3 is 5.97 Å². The summed E-state index contributed by atoms with van der Waals surface area (Å²) in [4.78, 5) is 12.6. The molecule has 0 bridgehead atoms. The van der Waals surface area contributed by atoms with Crippen molar-refractivity contribution in [3.05, 3.63) is 75.9 Å². The smallest absolute Gasteiger partial charge is 0.346 e. The normalized spacial score (nSPS) is 10.9. The number of hydrogen-bond donors (Lipinski definition) is 0. The molecule has 0 fully saturated rings. The topological polar surface area (TPSA) is 44.1 Å². The summed E-state index contributed by atoms with van der Waals surface area (Å²) in [5, 5.41) is 4.61. The van der Waals surface area contributed by atoms with Crippen LogP contribution in [-0.4, -0.2) is 15.7 Å². The van der Waals surface area contributed by atoms with Crippen LogP contribution in [0.1, 0.15) is 41.4 Å². The van der Waals surface area contributed by atoms with E-state index in [0.29, 0.717) is 15.9 Å². The van der Waals surface area contributed by atoms with Crippen molar-refractivity contribution in [3.63, 3.8) is 0 Å². The third-order valence-corrected chi connectivity index (χ3v) is 4.55. The van der Waals surface area contributed by atoms with Crippen molar-refractivity contribution >= 4 is 21.9 Å². The Morgan fingerprint density at radius 3 is 2.44 bits per heavy atom. The Balaban J connectivity index is 1.99. The van der Waals surface area contributed by atoms with Gasteiger partial charge in [-0.2, -0.15) is 5.10 Å². The molecular formula is C20H19BrN2O2. The van der Waals surface area contributed by atoms with Gasteiger partial charge in [0.25, 0.3) is 0 Å². The molecule has 3 aromatic rings. The first-order chi connectivity index (χ1) is 12.0. The van der Waals surface area contributed by atoms with Gasteiger partial charge in [-0.05, 0) is 53.0 Å². The maximum absolute atomic E-state index is 12.6. The Hall–Kier alpha value is -2.40. The summed E-state index contributed by atoms with van der Waals surface area (Å²) in [5.74, 6) is 0.219. The molecule has 0 amide bonds. The number of esters is 1. The zero-order valence-corrected chi connectivity index (χ0v) is 15.9. The molecule has 1 aromatic heterocycles. The third kappa shape index (κ3) is 3.82. The lowest BCUT2D eigenvalue weighted by Crippen LogP contribution is -2.12. The highest BCUT2D eigenvalue weighted by Crippen LogP contribution is 2.26. The van der Waals surface area contributed by atoms with E-state index in [2.05, 4.69) is 34.9 Å². The molecule has 0 atom stereocenters. The van der Waals surface area contributed by atoms with Crippen LogP contribution in [0.5, 0.6) is 5.88 Å². The first kappa shape index (κ1) is 17.4. The summed E-state index contributed by atoms with van der Waals surface area (Å²) in [5.41, 5.74) is 3.36. The molecule has 0 unspecified atom stereocenters. The number of carbonyl (C=O) groups is 1. The Morgan fingerprint density at radius 2 is 1.80 bits per heavy atom. The van der Waals surface area contributed by atoms with Crippen molar-refractivity contribution in [3.8, 4) is 11.6 Å². The fourth-order valence-corrected chi connectivity index (χ4v) is 2.83. The van der Waals surface area contributed by atoms with Crippen LogP contribution in [0.3, 0.4) is 0 Å². The van der Waals surface area contributed by atoms with E-state index in [4.69, 9.17) is 4.74 Å². The molecule has 0 aliphatic heterocycles. The van der Waals surface area contributed by atoms with E-state index in [1.54, 1.807) is 16.8 Å². The molecule has 0 saturated carbocycles. The minimum absolute atomic E-state index is 0.229. The number of aromatic nitrogens is 2. The summed E-state index contributed by atoms with van der Waals surface area (Å²) in [6, 6.07) is 16.9. The van der Waals surface area contributed by atoms with E-state index >= 15 is 0 Å². The van der Waals surface area contributed by atoms with Crippen LogP contribution in [0.2, 0.25) is 0 Å². The average Bonchev–Trinajstić information content (AvgIpc) is 3.00. The first-order valence-corrected chi connectivity index (χ1v) is 8.88. The van der Waals surface area contributed by atoms with Gasteiger partial charge < -0.3 is 4.74 Å². The summed E-state index contributed by atoms with van der Waals surface area (Å²) in [6.07, 6.45) is 0. The number of halogens is 1. The molecule has 5 heteroatoms. The monoisotopic (exact) mass is 398 g/mol. The minimum Gasteiger partial charge on any atom is -0.404 e. The molecule has 0 spiro atoms. The van der Waals surface area contributed by atoms with Gasteiger partial charge in [0.2, 0.25) is 5.88 Å². The van der Waals surface area contributed by atoms with Crippen LogP contribution in [0.4, 0.5) is 0 Å². The molecule has 128 valence electrons. The predicted molar refractivity (Wildman–Crippen MR) is 101 cm³/mol. The molecule has 25 heavy (non-hydrogen) atoms. The maximum atomic E-state index is 12.6. The Kier molecular flexibility index (Phi) is 5.04. The van der Waals surface area contributed by atoms with E-state index in [1.807, 2.05) is 49.4 Å². The number of rotatable bonds is 4. The number of aryl methyl sites for hydroxylation is 1.